The van der Waals surface area contributed by atoms with E-state index in [0.29, 0.717) is 18.4 Å². The normalized spacial score (nSPS) is 42.3. The quantitative estimate of drug-likeness (QED) is 0.840. The van der Waals surface area contributed by atoms with Crippen molar-refractivity contribution in [3.05, 3.63) is 35.6 Å². The zero-order valence-electron chi connectivity index (χ0n) is 13.8. The monoisotopic (exact) mass is 350 g/mol. The Kier molecular flexibility index (Phi) is 2.79. The van der Waals surface area contributed by atoms with Gasteiger partial charge in [-0.15, -0.1) is 0 Å². The van der Waals surface area contributed by atoms with Crippen LogP contribution in [0.1, 0.15) is 37.4 Å². The van der Waals surface area contributed by atoms with Crippen LogP contribution in [0.3, 0.4) is 0 Å². The average Bonchev–Trinajstić information content (AvgIpc) is 2.85. The lowest BCUT2D eigenvalue weighted by atomic mass is 9.48. The van der Waals surface area contributed by atoms with E-state index in [9.17, 15) is 14.9 Å². The number of nitrogens with one attached hydrogen (secondary N) is 1. The molecule has 7 heteroatoms. The molecular formula is C19H15FN4O2. The van der Waals surface area contributed by atoms with Crippen LogP contribution in [0.4, 0.5) is 4.39 Å². The van der Waals surface area contributed by atoms with E-state index in [1.54, 1.807) is 12.1 Å². The molecule has 6 rings (SSSR count). The van der Waals surface area contributed by atoms with Gasteiger partial charge in [-0.1, -0.05) is 18.6 Å². The van der Waals surface area contributed by atoms with E-state index >= 15 is 0 Å². The van der Waals surface area contributed by atoms with Crippen LogP contribution in [0.15, 0.2) is 29.3 Å². The summed E-state index contributed by atoms with van der Waals surface area (Å²) < 4.78 is 25.8. The Labute approximate surface area is 149 Å². The van der Waals surface area contributed by atoms with Crippen LogP contribution < -0.4 is 0 Å². The van der Waals surface area contributed by atoms with Gasteiger partial charge in [-0.2, -0.15) is 15.5 Å². The maximum Gasteiger partial charge on any atom is 0.218 e. The standard InChI is InChI=1S/C19H15FN4O2/c20-12-6-4-11(5-7-12)14-18(10-22)16-24-15(23)17(18,9-21)13-3-1-2-8-19(13,25-14)26-16/h4-7,13-14,23H,1-3,8H2/t13-,14+,17-,18+,19+/m0/s1. The largest absolute Gasteiger partial charge is 0.447 e. The van der Waals surface area contributed by atoms with Gasteiger partial charge in [-0.05, 0) is 30.5 Å². The van der Waals surface area contributed by atoms with Crippen molar-refractivity contribution in [1.82, 2.24) is 0 Å². The minimum atomic E-state index is -1.53. The lowest BCUT2D eigenvalue weighted by molar-refractivity contribution is -0.355. The number of fused-ring (bicyclic) bond motifs is 1. The first-order chi connectivity index (χ1) is 12.5. The molecule has 4 fully saturated rings. The van der Waals surface area contributed by atoms with Crippen LogP contribution in [0, 0.1) is 50.6 Å². The summed E-state index contributed by atoms with van der Waals surface area (Å²) in [7, 11) is 0. The van der Waals surface area contributed by atoms with Crippen molar-refractivity contribution in [2.75, 3.05) is 0 Å². The second-order valence-electron chi connectivity index (χ2n) is 7.37. The fourth-order valence-electron chi connectivity index (χ4n) is 5.26. The molecular weight excluding hydrogens is 335 g/mol. The van der Waals surface area contributed by atoms with E-state index in [0.717, 1.165) is 12.8 Å². The highest BCUT2D eigenvalue weighted by Gasteiger charge is 2.83. The molecule has 4 bridgehead atoms. The maximum atomic E-state index is 13.4. The molecule has 5 aliphatic rings. The number of halogens is 1. The van der Waals surface area contributed by atoms with Crippen molar-refractivity contribution in [1.29, 1.82) is 15.9 Å². The Morgan fingerprint density at radius 1 is 1.15 bits per heavy atom. The van der Waals surface area contributed by atoms with Gasteiger partial charge >= 0.3 is 0 Å². The van der Waals surface area contributed by atoms with Crippen LogP contribution in [-0.4, -0.2) is 17.5 Å². The highest BCUT2D eigenvalue weighted by molar-refractivity contribution is 6.12. The summed E-state index contributed by atoms with van der Waals surface area (Å²) in [4.78, 5) is 4.21. The van der Waals surface area contributed by atoms with Crippen molar-refractivity contribution >= 4 is 11.7 Å². The minimum absolute atomic E-state index is 0.102. The van der Waals surface area contributed by atoms with Crippen LogP contribution in [0.2, 0.25) is 0 Å². The summed E-state index contributed by atoms with van der Waals surface area (Å²) in [5, 5.41) is 28.9. The third-order valence-electron chi connectivity index (χ3n) is 6.37. The number of nitriles is 2. The second-order valence-corrected chi connectivity index (χ2v) is 7.37. The molecule has 1 N–H and O–H groups in total. The van der Waals surface area contributed by atoms with Gasteiger partial charge in [0, 0.05) is 6.42 Å². The topological polar surface area (TPSA) is 102 Å². The molecule has 0 aromatic heterocycles. The number of ether oxygens (including phenoxy) is 2. The molecule has 6 nitrogen and oxygen atoms in total. The Bertz CT molecular complexity index is 946. The Balaban J connectivity index is 1.80. The van der Waals surface area contributed by atoms with E-state index < -0.39 is 34.5 Å². The molecule has 1 aromatic rings. The van der Waals surface area contributed by atoms with E-state index in [4.69, 9.17) is 14.9 Å². The summed E-state index contributed by atoms with van der Waals surface area (Å²) in [6.07, 6.45) is 2.13. The summed E-state index contributed by atoms with van der Waals surface area (Å²) in [6.45, 7) is 0. The number of benzene rings is 1. The molecule has 130 valence electrons. The molecule has 0 radical (unpaired) electrons. The van der Waals surface area contributed by atoms with E-state index in [1.165, 1.54) is 12.1 Å². The van der Waals surface area contributed by atoms with Gasteiger partial charge in [-0.25, -0.2) is 4.39 Å². The lowest BCUT2D eigenvalue weighted by Gasteiger charge is -2.63. The molecule has 0 unspecified atom stereocenters. The molecule has 1 aliphatic carbocycles. The van der Waals surface area contributed by atoms with Crippen LogP contribution >= 0.6 is 0 Å². The van der Waals surface area contributed by atoms with Gasteiger partial charge in [0.25, 0.3) is 0 Å². The van der Waals surface area contributed by atoms with Gasteiger partial charge in [0.05, 0.1) is 18.1 Å². The fourth-order valence-corrected chi connectivity index (χ4v) is 5.26. The molecule has 1 saturated carbocycles. The minimum Gasteiger partial charge on any atom is -0.447 e. The third-order valence-corrected chi connectivity index (χ3v) is 6.37. The van der Waals surface area contributed by atoms with Crippen molar-refractivity contribution in [2.24, 2.45) is 21.7 Å². The number of rotatable bonds is 1. The molecule has 4 heterocycles. The molecule has 1 spiro atoms. The number of hydrogen-bond donors (Lipinski definition) is 1. The molecule has 1 aromatic carbocycles. The van der Waals surface area contributed by atoms with Gasteiger partial charge in [-0.3, -0.25) is 5.41 Å². The van der Waals surface area contributed by atoms with Gasteiger partial charge in [0.15, 0.2) is 10.8 Å². The highest BCUT2D eigenvalue weighted by Crippen LogP contribution is 2.72. The summed E-state index contributed by atoms with van der Waals surface area (Å²) in [5.41, 5.74) is -2.35. The first-order valence-electron chi connectivity index (χ1n) is 8.67. The fraction of sp³-hybridized carbons (Fsp3) is 0.474. The summed E-state index contributed by atoms with van der Waals surface area (Å²) >= 11 is 0. The Morgan fingerprint density at radius 2 is 1.88 bits per heavy atom. The first kappa shape index (κ1) is 15.5. The highest BCUT2D eigenvalue weighted by atomic mass is 19.1. The lowest BCUT2D eigenvalue weighted by Crippen LogP contribution is -2.72. The maximum absolute atomic E-state index is 13.4. The van der Waals surface area contributed by atoms with Gasteiger partial charge in [0.1, 0.15) is 17.8 Å². The molecule has 3 saturated heterocycles. The third kappa shape index (κ3) is 1.42. The number of nitrogens with zero attached hydrogens (tertiary/aromatic N) is 3. The molecule has 4 aliphatic heterocycles. The number of amidine groups is 1. The van der Waals surface area contributed by atoms with Crippen molar-refractivity contribution in [2.45, 2.75) is 37.6 Å². The predicted octanol–water partition coefficient (Wildman–Crippen LogP) is 3.22. The number of aliphatic imine (C=N–C) groups is 1. The molecule has 26 heavy (non-hydrogen) atoms. The average molecular weight is 350 g/mol. The van der Waals surface area contributed by atoms with Crippen molar-refractivity contribution in [3.8, 4) is 12.1 Å². The number of hydrogen-bond acceptors (Lipinski definition) is 5. The summed E-state index contributed by atoms with van der Waals surface area (Å²) in [5.74, 6) is -1.90. The Hall–Kier alpha value is -2.77. The molecule has 5 atom stereocenters. The van der Waals surface area contributed by atoms with Crippen LogP contribution in [0.5, 0.6) is 0 Å². The van der Waals surface area contributed by atoms with Gasteiger partial charge < -0.3 is 9.47 Å². The zero-order chi connectivity index (χ0) is 18.2. The van der Waals surface area contributed by atoms with Crippen LogP contribution in [-0.2, 0) is 9.47 Å². The zero-order valence-corrected chi connectivity index (χ0v) is 13.8. The van der Waals surface area contributed by atoms with E-state index in [1.807, 2.05) is 0 Å². The van der Waals surface area contributed by atoms with E-state index in [2.05, 4.69) is 17.1 Å². The van der Waals surface area contributed by atoms with Gasteiger partial charge in [0.2, 0.25) is 11.7 Å². The SMILES string of the molecule is N#C[C@@]12C3=NC(=N)[C@]1(C#N)[C@@H]1CCCC[C@]1(O3)O[C@@H]2c1ccc(F)cc1. The van der Waals surface area contributed by atoms with E-state index in [-0.39, 0.29) is 11.7 Å². The van der Waals surface area contributed by atoms with Crippen LogP contribution in [0.25, 0.3) is 0 Å². The smallest absolute Gasteiger partial charge is 0.218 e. The second kappa shape index (κ2) is 4.69. The van der Waals surface area contributed by atoms with Crippen molar-refractivity contribution in [3.63, 3.8) is 0 Å². The predicted molar refractivity (Wildman–Crippen MR) is 87.3 cm³/mol. The summed E-state index contributed by atoms with van der Waals surface area (Å²) in [6, 6.07) is 10.3. The molecule has 0 amide bonds. The Morgan fingerprint density at radius 3 is 2.58 bits per heavy atom. The van der Waals surface area contributed by atoms with Crippen molar-refractivity contribution < 1.29 is 13.9 Å². The first-order valence-corrected chi connectivity index (χ1v) is 8.67.